The van der Waals surface area contributed by atoms with E-state index in [-0.39, 0.29) is 17.4 Å². The van der Waals surface area contributed by atoms with Gasteiger partial charge in [-0.25, -0.2) is 9.87 Å². The lowest BCUT2D eigenvalue weighted by atomic mass is 10.1. The Balaban J connectivity index is 1.94. The van der Waals surface area contributed by atoms with E-state index in [2.05, 4.69) is 5.48 Å². The summed E-state index contributed by atoms with van der Waals surface area (Å²) in [5.74, 6) is -0.898. The Morgan fingerprint density at radius 2 is 2.12 bits per heavy atom. The summed E-state index contributed by atoms with van der Waals surface area (Å²) < 4.78 is 12.8. The van der Waals surface area contributed by atoms with Crippen LogP contribution in [0.2, 0.25) is 0 Å². The van der Waals surface area contributed by atoms with E-state index < -0.39 is 11.7 Å². The van der Waals surface area contributed by atoms with Crippen molar-refractivity contribution < 1.29 is 14.0 Å². The Morgan fingerprint density at radius 3 is 2.76 bits per heavy atom. The third-order valence-electron chi connectivity index (χ3n) is 2.88. The van der Waals surface area contributed by atoms with Gasteiger partial charge in [-0.05, 0) is 31.0 Å². The molecule has 1 aliphatic carbocycles. The van der Waals surface area contributed by atoms with Crippen LogP contribution in [0.25, 0.3) is 0 Å². The molecule has 0 aliphatic heterocycles. The van der Waals surface area contributed by atoms with Gasteiger partial charge in [-0.2, -0.15) is 0 Å². The van der Waals surface area contributed by atoms with Gasteiger partial charge in [-0.15, -0.1) is 0 Å². The number of anilines is 1. The van der Waals surface area contributed by atoms with E-state index in [1.54, 1.807) is 0 Å². The van der Waals surface area contributed by atoms with Crippen molar-refractivity contribution in [1.29, 1.82) is 0 Å². The number of hydroxylamine groups is 1. The number of nitrogen functional groups attached to an aromatic ring is 1. The van der Waals surface area contributed by atoms with Crippen molar-refractivity contribution in [3.63, 3.8) is 0 Å². The second kappa shape index (κ2) is 5.14. The molecule has 0 bridgehead atoms. The number of benzene rings is 1. The normalized spacial score (nSPS) is 16.1. The quantitative estimate of drug-likeness (QED) is 0.625. The molecular formula is C12H15FN2O2. The zero-order valence-corrected chi connectivity index (χ0v) is 9.41. The summed E-state index contributed by atoms with van der Waals surface area (Å²) in [6.07, 6.45) is 4.25. The van der Waals surface area contributed by atoms with Gasteiger partial charge in [0.05, 0.1) is 11.7 Å². The SMILES string of the molecule is Nc1cc(F)ccc1C(=O)NOC1CCCC1. The third kappa shape index (κ3) is 2.94. The Kier molecular flexibility index (Phi) is 3.58. The minimum atomic E-state index is -0.462. The van der Waals surface area contributed by atoms with Crippen LogP contribution in [0.3, 0.4) is 0 Å². The van der Waals surface area contributed by atoms with Crippen molar-refractivity contribution in [3.05, 3.63) is 29.6 Å². The second-order valence-electron chi connectivity index (χ2n) is 4.19. The fourth-order valence-electron chi connectivity index (χ4n) is 1.94. The summed E-state index contributed by atoms with van der Waals surface area (Å²) in [7, 11) is 0. The van der Waals surface area contributed by atoms with Crippen molar-refractivity contribution >= 4 is 11.6 Å². The number of nitrogens with two attached hydrogens (primary N) is 1. The van der Waals surface area contributed by atoms with Crippen LogP contribution >= 0.6 is 0 Å². The molecule has 1 aromatic rings. The Labute approximate surface area is 98.9 Å². The number of halogens is 1. The number of amides is 1. The molecule has 4 nitrogen and oxygen atoms in total. The zero-order valence-electron chi connectivity index (χ0n) is 9.41. The molecular weight excluding hydrogens is 223 g/mol. The van der Waals surface area contributed by atoms with E-state index in [4.69, 9.17) is 10.6 Å². The molecule has 0 spiro atoms. The van der Waals surface area contributed by atoms with Crippen molar-refractivity contribution in [2.45, 2.75) is 31.8 Å². The van der Waals surface area contributed by atoms with Gasteiger partial charge in [-0.3, -0.25) is 9.63 Å². The molecule has 5 heteroatoms. The highest BCUT2D eigenvalue weighted by atomic mass is 19.1. The smallest absolute Gasteiger partial charge is 0.276 e. The topological polar surface area (TPSA) is 64.4 Å². The lowest BCUT2D eigenvalue weighted by Gasteiger charge is -2.12. The minimum Gasteiger partial charge on any atom is -0.398 e. The molecule has 0 atom stereocenters. The van der Waals surface area contributed by atoms with Gasteiger partial charge in [0.15, 0.2) is 0 Å². The average molecular weight is 238 g/mol. The summed E-state index contributed by atoms with van der Waals surface area (Å²) in [6.45, 7) is 0. The van der Waals surface area contributed by atoms with Crippen molar-refractivity contribution in [2.75, 3.05) is 5.73 Å². The van der Waals surface area contributed by atoms with Crippen LogP contribution in [0.15, 0.2) is 18.2 Å². The van der Waals surface area contributed by atoms with Crippen LogP contribution in [-0.2, 0) is 4.84 Å². The summed E-state index contributed by atoms with van der Waals surface area (Å²) in [5.41, 5.74) is 8.24. The summed E-state index contributed by atoms with van der Waals surface area (Å²) in [5, 5.41) is 0. The first-order valence-electron chi connectivity index (χ1n) is 5.68. The van der Waals surface area contributed by atoms with Crippen LogP contribution < -0.4 is 11.2 Å². The Morgan fingerprint density at radius 1 is 1.41 bits per heavy atom. The van der Waals surface area contributed by atoms with Crippen LogP contribution in [0.4, 0.5) is 10.1 Å². The number of carbonyl (C=O) groups is 1. The van der Waals surface area contributed by atoms with Crippen LogP contribution in [-0.4, -0.2) is 12.0 Å². The predicted octanol–water partition coefficient (Wildman–Crippen LogP) is 2.01. The molecule has 0 heterocycles. The molecule has 1 aliphatic rings. The van der Waals surface area contributed by atoms with E-state index in [1.807, 2.05) is 0 Å². The molecule has 1 amide bonds. The van der Waals surface area contributed by atoms with Gasteiger partial charge in [0.1, 0.15) is 5.82 Å². The fourth-order valence-corrected chi connectivity index (χ4v) is 1.94. The van der Waals surface area contributed by atoms with Gasteiger partial charge >= 0.3 is 0 Å². The van der Waals surface area contributed by atoms with Gasteiger partial charge < -0.3 is 5.73 Å². The second-order valence-corrected chi connectivity index (χ2v) is 4.19. The van der Waals surface area contributed by atoms with Gasteiger partial charge in [0, 0.05) is 5.69 Å². The summed E-state index contributed by atoms with van der Waals surface area (Å²) in [4.78, 5) is 17.0. The van der Waals surface area contributed by atoms with Gasteiger partial charge in [0.25, 0.3) is 5.91 Å². The number of hydrogen-bond acceptors (Lipinski definition) is 3. The minimum absolute atomic E-state index is 0.0839. The molecule has 0 unspecified atom stereocenters. The molecule has 0 aromatic heterocycles. The maximum atomic E-state index is 12.8. The van der Waals surface area contributed by atoms with E-state index in [0.29, 0.717) is 0 Å². The summed E-state index contributed by atoms with van der Waals surface area (Å²) >= 11 is 0. The highest BCUT2D eigenvalue weighted by Gasteiger charge is 2.18. The highest BCUT2D eigenvalue weighted by Crippen LogP contribution is 2.20. The van der Waals surface area contributed by atoms with Crippen molar-refractivity contribution in [1.82, 2.24) is 5.48 Å². The van der Waals surface area contributed by atoms with E-state index in [1.165, 1.54) is 12.1 Å². The maximum Gasteiger partial charge on any atom is 0.276 e. The third-order valence-corrected chi connectivity index (χ3v) is 2.88. The molecule has 0 saturated heterocycles. The predicted molar refractivity (Wildman–Crippen MR) is 61.6 cm³/mol. The number of hydrogen-bond donors (Lipinski definition) is 2. The molecule has 1 fully saturated rings. The Hall–Kier alpha value is -1.62. The van der Waals surface area contributed by atoms with Crippen molar-refractivity contribution in [2.24, 2.45) is 0 Å². The molecule has 1 aromatic carbocycles. The number of rotatable bonds is 3. The molecule has 2 rings (SSSR count). The molecule has 1 saturated carbocycles. The lowest BCUT2D eigenvalue weighted by Crippen LogP contribution is -2.28. The molecule has 17 heavy (non-hydrogen) atoms. The first kappa shape index (κ1) is 11.9. The van der Waals surface area contributed by atoms with Crippen LogP contribution in [0.5, 0.6) is 0 Å². The van der Waals surface area contributed by atoms with Crippen LogP contribution in [0, 0.1) is 5.82 Å². The van der Waals surface area contributed by atoms with Gasteiger partial charge in [-0.1, -0.05) is 12.8 Å². The van der Waals surface area contributed by atoms with E-state index in [0.717, 1.165) is 31.7 Å². The maximum absolute atomic E-state index is 12.8. The fraction of sp³-hybridized carbons (Fsp3) is 0.417. The average Bonchev–Trinajstić information content (AvgIpc) is 2.78. The molecule has 0 radical (unpaired) electrons. The molecule has 92 valence electrons. The van der Waals surface area contributed by atoms with Crippen molar-refractivity contribution in [3.8, 4) is 0 Å². The highest BCUT2D eigenvalue weighted by molar-refractivity contribution is 5.98. The Bertz CT molecular complexity index is 417. The monoisotopic (exact) mass is 238 g/mol. The van der Waals surface area contributed by atoms with E-state index >= 15 is 0 Å². The standard InChI is InChI=1S/C12H15FN2O2/c13-8-5-6-10(11(14)7-8)12(16)15-17-9-3-1-2-4-9/h5-7,9H,1-4,14H2,(H,15,16). The first-order chi connectivity index (χ1) is 8.16. The number of carbonyl (C=O) groups excluding carboxylic acids is 1. The zero-order chi connectivity index (χ0) is 12.3. The van der Waals surface area contributed by atoms with Crippen LogP contribution in [0.1, 0.15) is 36.0 Å². The van der Waals surface area contributed by atoms with E-state index in [9.17, 15) is 9.18 Å². The lowest BCUT2D eigenvalue weighted by molar-refractivity contribution is -0.0124. The largest absolute Gasteiger partial charge is 0.398 e. The first-order valence-corrected chi connectivity index (χ1v) is 5.68. The molecule has 3 N–H and O–H groups in total. The number of nitrogens with one attached hydrogen (secondary N) is 1. The van der Waals surface area contributed by atoms with Gasteiger partial charge in [0.2, 0.25) is 0 Å². The summed E-state index contributed by atoms with van der Waals surface area (Å²) in [6, 6.07) is 3.66.